The molecule has 0 heterocycles. The van der Waals surface area contributed by atoms with Gasteiger partial charge in [-0.15, -0.1) is 0 Å². The highest BCUT2D eigenvalue weighted by molar-refractivity contribution is 6.18. The Morgan fingerprint density at radius 1 is 1.31 bits per heavy atom. The second-order valence-electron chi connectivity index (χ2n) is 7.57. The van der Waals surface area contributed by atoms with Crippen LogP contribution in [0, 0.1) is 0 Å². The SMILES string of the molecule is C=CN=C(/C(NC)=C(\C)N)N(C=O)c1ccc(OCCOC)c(NC(=O)OC(C)(C)C)c1. The van der Waals surface area contributed by atoms with Crippen LogP contribution in [0.25, 0.3) is 0 Å². The lowest BCUT2D eigenvalue weighted by Gasteiger charge is -2.24. The highest BCUT2D eigenvalue weighted by Crippen LogP contribution is 2.31. The van der Waals surface area contributed by atoms with Crippen LogP contribution in [0.5, 0.6) is 5.75 Å². The fourth-order valence-corrected chi connectivity index (χ4v) is 2.59. The number of rotatable bonds is 10. The van der Waals surface area contributed by atoms with Gasteiger partial charge in [0.15, 0.2) is 5.84 Å². The molecule has 0 fully saturated rings. The van der Waals surface area contributed by atoms with Crippen LogP contribution in [0.4, 0.5) is 16.2 Å². The van der Waals surface area contributed by atoms with E-state index in [0.717, 1.165) is 0 Å². The minimum absolute atomic E-state index is 0.230. The molecule has 0 atom stereocenters. The number of nitrogens with zero attached hydrogens (tertiary/aromatic N) is 2. The molecule has 0 spiro atoms. The summed E-state index contributed by atoms with van der Waals surface area (Å²) < 4.78 is 16.0. The van der Waals surface area contributed by atoms with E-state index in [1.54, 1.807) is 60.1 Å². The van der Waals surface area contributed by atoms with Crippen molar-refractivity contribution in [1.82, 2.24) is 5.32 Å². The van der Waals surface area contributed by atoms with E-state index in [0.29, 0.717) is 41.5 Å². The monoisotopic (exact) mass is 447 g/mol. The number of carbonyl (C=O) groups excluding carboxylic acids is 2. The summed E-state index contributed by atoms with van der Waals surface area (Å²) in [5.74, 6) is 0.609. The summed E-state index contributed by atoms with van der Waals surface area (Å²) in [5.41, 5.74) is 6.83. The average molecular weight is 448 g/mol. The van der Waals surface area contributed by atoms with Crippen LogP contribution in [0.3, 0.4) is 0 Å². The number of nitrogens with two attached hydrogens (primary N) is 1. The van der Waals surface area contributed by atoms with Crippen molar-refractivity contribution in [2.75, 3.05) is 37.6 Å². The molecule has 0 aromatic heterocycles. The third-order valence-electron chi connectivity index (χ3n) is 3.84. The number of aliphatic imine (C=N–C) groups is 1. The number of amides is 2. The van der Waals surface area contributed by atoms with E-state index in [-0.39, 0.29) is 12.4 Å². The Hall–Kier alpha value is -3.53. The van der Waals surface area contributed by atoms with E-state index in [1.807, 2.05) is 0 Å². The summed E-state index contributed by atoms with van der Waals surface area (Å²) in [4.78, 5) is 29.9. The quantitative estimate of drug-likeness (QED) is 0.218. The number of methoxy groups -OCH3 is 1. The number of ether oxygens (including phenoxy) is 3. The smallest absolute Gasteiger partial charge is 0.412 e. The van der Waals surface area contributed by atoms with Crippen molar-refractivity contribution >= 4 is 29.7 Å². The van der Waals surface area contributed by atoms with E-state index in [4.69, 9.17) is 19.9 Å². The number of benzene rings is 1. The molecular weight excluding hydrogens is 414 g/mol. The molecule has 2 amide bonds. The number of hydrogen-bond donors (Lipinski definition) is 3. The van der Waals surface area contributed by atoms with Crippen molar-refractivity contribution in [1.29, 1.82) is 0 Å². The first-order chi connectivity index (χ1) is 15.1. The zero-order valence-corrected chi connectivity index (χ0v) is 19.5. The number of likely N-dealkylation sites (N-methyl/N-ethyl adjacent to an activating group) is 1. The lowest BCUT2D eigenvalue weighted by molar-refractivity contribution is -0.106. The van der Waals surface area contributed by atoms with Gasteiger partial charge in [0.2, 0.25) is 6.41 Å². The first-order valence-corrected chi connectivity index (χ1v) is 9.91. The maximum absolute atomic E-state index is 12.4. The van der Waals surface area contributed by atoms with Crippen LogP contribution in [0.1, 0.15) is 27.7 Å². The second kappa shape index (κ2) is 12.4. The summed E-state index contributed by atoms with van der Waals surface area (Å²) in [6, 6.07) is 4.84. The number of amidine groups is 1. The minimum atomic E-state index is -0.692. The van der Waals surface area contributed by atoms with Crippen LogP contribution in [-0.2, 0) is 14.3 Å². The Balaban J connectivity index is 3.46. The van der Waals surface area contributed by atoms with Gasteiger partial charge in [-0.05, 0) is 45.9 Å². The maximum Gasteiger partial charge on any atom is 0.412 e. The Morgan fingerprint density at radius 2 is 2.00 bits per heavy atom. The van der Waals surface area contributed by atoms with Crippen LogP contribution in [0.15, 0.2) is 47.4 Å². The van der Waals surface area contributed by atoms with Gasteiger partial charge < -0.3 is 25.3 Å². The van der Waals surface area contributed by atoms with Crippen LogP contribution in [-0.4, -0.2) is 51.3 Å². The summed E-state index contributed by atoms with van der Waals surface area (Å²) in [7, 11) is 3.22. The van der Waals surface area contributed by atoms with Crippen LogP contribution in [0.2, 0.25) is 0 Å². The molecule has 1 aromatic rings. The third-order valence-corrected chi connectivity index (χ3v) is 3.84. The minimum Gasteiger partial charge on any atom is -0.489 e. The molecule has 0 bridgehead atoms. The van der Waals surface area contributed by atoms with E-state index in [2.05, 4.69) is 22.2 Å². The summed E-state index contributed by atoms with van der Waals surface area (Å²) >= 11 is 0. The number of allylic oxidation sites excluding steroid dienone is 1. The molecule has 0 aliphatic heterocycles. The van der Waals surface area contributed by atoms with Gasteiger partial charge in [0, 0.05) is 26.1 Å². The topological polar surface area (TPSA) is 128 Å². The van der Waals surface area contributed by atoms with E-state index < -0.39 is 11.7 Å². The molecule has 0 aliphatic carbocycles. The first-order valence-electron chi connectivity index (χ1n) is 9.91. The summed E-state index contributed by atoms with van der Waals surface area (Å²) in [6.45, 7) is 11.2. The molecule has 0 radical (unpaired) electrons. The molecule has 1 aromatic carbocycles. The maximum atomic E-state index is 12.4. The average Bonchev–Trinajstić information content (AvgIpc) is 2.69. The molecule has 0 saturated carbocycles. The number of nitrogens with one attached hydrogen (secondary N) is 2. The summed E-state index contributed by atoms with van der Waals surface area (Å²) in [5, 5.41) is 5.60. The highest BCUT2D eigenvalue weighted by Gasteiger charge is 2.22. The molecule has 1 rings (SSSR count). The predicted octanol–water partition coefficient (Wildman–Crippen LogP) is 2.97. The molecule has 0 aliphatic rings. The molecular formula is C22H33N5O5. The van der Waals surface area contributed by atoms with Crippen molar-refractivity contribution in [3.63, 3.8) is 0 Å². The standard InChI is InChI=1S/C22H33N5O5/c1-8-25-20(19(24-6)15(2)23)27(14-28)16-9-10-18(31-12-11-30-7)17(13-16)26-21(29)32-22(3,4)5/h8-10,13-14,24H,1,11-12,23H2,2-7H3,(H,26,29)/b19-15-,25-20?. The largest absolute Gasteiger partial charge is 0.489 e. The van der Waals surface area contributed by atoms with E-state index >= 15 is 0 Å². The van der Waals surface area contributed by atoms with Gasteiger partial charge >= 0.3 is 6.09 Å². The van der Waals surface area contributed by atoms with Gasteiger partial charge in [0.05, 0.1) is 23.7 Å². The normalized spacial score (nSPS) is 12.4. The van der Waals surface area contributed by atoms with Gasteiger partial charge in [0.1, 0.15) is 18.0 Å². The summed E-state index contributed by atoms with van der Waals surface area (Å²) in [6.07, 6.45) is 1.21. The molecule has 0 unspecified atom stereocenters. The predicted molar refractivity (Wildman–Crippen MR) is 126 cm³/mol. The van der Waals surface area contributed by atoms with E-state index in [9.17, 15) is 9.59 Å². The number of carbonyl (C=O) groups is 2. The molecule has 0 saturated heterocycles. The Morgan fingerprint density at radius 3 is 2.50 bits per heavy atom. The lowest BCUT2D eigenvalue weighted by atomic mass is 10.2. The van der Waals surface area contributed by atoms with Gasteiger partial charge in [-0.3, -0.25) is 15.0 Å². The second-order valence-corrected chi connectivity index (χ2v) is 7.57. The molecule has 4 N–H and O–H groups in total. The van der Waals surface area contributed by atoms with E-state index in [1.165, 1.54) is 11.1 Å². The van der Waals surface area contributed by atoms with Crippen molar-refractivity contribution in [3.8, 4) is 5.75 Å². The number of anilines is 2. The molecule has 10 heteroatoms. The molecule has 32 heavy (non-hydrogen) atoms. The Kier molecular flexibility index (Phi) is 10.2. The lowest BCUT2D eigenvalue weighted by Crippen LogP contribution is -2.36. The highest BCUT2D eigenvalue weighted by atomic mass is 16.6. The van der Waals surface area contributed by atoms with Crippen molar-refractivity contribution in [3.05, 3.63) is 42.4 Å². The molecule has 10 nitrogen and oxygen atoms in total. The Labute approximate surface area is 189 Å². The van der Waals surface area contributed by atoms with Gasteiger partial charge in [0.25, 0.3) is 0 Å². The van der Waals surface area contributed by atoms with Crippen molar-refractivity contribution in [2.45, 2.75) is 33.3 Å². The third kappa shape index (κ3) is 7.95. The van der Waals surface area contributed by atoms with Crippen LogP contribution < -0.4 is 26.0 Å². The van der Waals surface area contributed by atoms with Crippen molar-refractivity contribution in [2.24, 2.45) is 10.7 Å². The first kappa shape index (κ1) is 26.5. The van der Waals surface area contributed by atoms with Gasteiger partial charge in [-0.2, -0.15) is 0 Å². The zero-order valence-electron chi connectivity index (χ0n) is 19.5. The number of hydrogen-bond acceptors (Lipinski definition) is 8. The van der Waals surface area contributed by atoms with Gasteiger partial charge in [-0.25, -0.2) is 9.79 Å². The van der Waals surface area contributed by atoms with Gasteiger partial charge in [-0.1, -0.05) is 6.58 Å². The zero-order chi connectivity index (χ0) is 24.3. The fourth-order valence-electron chi connectivity index (χ4n) is 2.59. The molecule has 176 valence electrons. The fraction of sp³-hybridized carbons (Fsp3) is 0.409. The van der Waals surface area contributed by atoms with Crippen molar-refractivity contribution < 1.29 is 23.8 Å². The Bertz CT molecular complexity index is 870. The van der Waals surface area contributed by atoms with Crippen LogP contribution >= 0.6 is 0 Å².